The molecule has 28 heavy (non-hydrogen) atoms. The minimum Gasteiger partial charge on any atom is -0.492 e. The minimum atomic E-state index is -0.960. The van der Waals surface area contributed by atoms with Crippen LogP contribution in [0.4, 0.5) is 0 Å². The van der Waals surface area contributed by atoms with Gasteiger partial charge in [0.25, 0.3) is 0 Å². The van der Waals surface area contributed by atoms with Crippen LogP contribution in [0.1, 0.15) is 38.2 Å². The first-order valence-electron chi connectivity index (χ1n) is 9.07. The molecule has 7 nitrogen and oxygen atoms in total. The van der Waals surface area contributed by atoms with Crippen molar-refractivity contribution < 1.29 is 24.2 Å². The van der Waals surface area contributed by atoms with E-state index >= 15 is 0 Å². The van der Waals surface area contributed by atoms with E-state index in [2.05, 4.69) is 5.32 Å². The van der Waals surface area contributed by atoms with E-state index < -0.39 is 18.0 Å². The summed E-state index contributed by atoms with van der Waals surface area (Å²) in [6.45, 7) is 3.53. The van der Waals surface area contributed by atoms with Gasteiger partial charge in [-0.25, -0.2) is 0 Å². The lowest BCUT2D eigenvalue weighted by Crippen LogP contribution is -2.36. The van der Waals surface area contributed by atoms with Crippen molar-refractivity contribution in [2.24, 2.45) is 5.73 Å². The third kappa shape index (κ3) is 13.6. The van der Waals surface area contributed by atoms with Crippen LogP contribution in [0.3, 0.4) is 0 Å². The number of benzene rings is 1. The Morgan fingerprint density at radius 2 is 1.82 bits per heavy atom. The van der Waals surface area contributed by atoms with Gasteiger partial charge in [0.05, 0.1) is 19.4 Å². The number of carbonyl (C=O) groups excluding carboxylic acids is 1. The molecule has 1 atom stereocenters. The lowest BCUT2D eigenvalue weighted by atomic mass is 10.1. The first-order valence-corrected chi connectivity index (χ1v) is 9.07. The van der Waals surface area contributed by atoms with Crippen LogP contribution in [0.25, 0.3) is 0 Å². The van der Waals surface area contributed by atoms with Crippen LogP contribution in [0, 0.1) is 0 Å². The summed E-state index contributed by atoms with van der Waals surface area (Å²) in [5.74, 6) is -0.607. The molecule has 0 heterocycles. The predicted octanol–water partition coefficient (Wildman–Crippen LogP) is 2.58. The smallest absolute Gasteiger partial charge is 0.307 e. The summed E-state index contributed by atoms with van der Waals surface area (Å²) in [5.41, 5.74) is 6.74. The quantitative estimate of drug-likeness (QED) is 0.302. The van der Waals surface area contributed by atoms with E-state index in [0.717, 1.165) is 25.0 Å². The average Bonchev–Trinajstić information content (AvgIpc) is 2.60. The van der Waals surface area contributed by atoms with Crippen molar-refractivity contribution >= 4 is 36.8 Å². The molecule has 0 fully saturated rings. The molecule has 0 spiro atoms. The van der Waals surface area contributed by atoms with Gasteiger partial charge in [0.2, 0.25) is 0 Å². The van der Waals surface area contributed by atoms with Gasteiger partial charge < -0.3 is 25.6 Å². The zero-order valence-electron chi connectivity index (χ0n) is 16.2. The van der Waals surface area contributed by atoms with E-state index in [-0.39, 0.29) is 44.3 Å². The van der Waals surface area contributed by atoms with Gasteiger partial charge in [-0.1, -0.05) is 12.1 Å². The number of nitrogens with one attached hydrogen (secondary N) is 1. The van der Waals surface area contributed by atoms with Crippen molar-refractivity contribution in [3.8, 4) is 5.75 Å². The summed E-state index contributed by atoms with van der Waals surface area (Å²) in [7, 11) is 0. The van der Waals surface area contributed by atoms with Crippen molar-refractivity contribution in [3.63, 3.8) is 0 Å². The molecule has 0 amide bonds. The second-order valence-electron chi connectivity index (χ2n) is 6.00. The van der Waals surface area contributed by atoms with E-state index in [1.165, 1.54) is 5.56 Å². The molecule has 162 valence electrons. The average molecular weight is 439 g/mol. The van der Waals surface area contributed by atoms with Gasteiger partial charge >= 0.3 is 11.9 Å². The fraction of sp³-hybridized carbons (Fsp3) is 0.579. The van der Waals surface area contributed by atoms with Gasteiger partial charge in [0, 0.05) is 12.6 Å². The molecule has 1 rings (SSSR count). The number of hydrogen-bond donors (Lipinski definition) is 3. The summed E-state index contributed by atoms with van der Waals surface area (Å²) in [6.07, 6.45) is 2.98. The Bertz CT molecular complexity index is 544. The Morgan fingerprint density at radius 3 is 2.39 bits per heavy atom. The maximum absolute atomic E-state index is 11.5. The summed E-state index contributed by atoms with van der Waals surface area (Å²) >= 11 is 0. The fourth-order valence-electron chi connectivity index (χ4n) is 2.51. The van der Waals surface area contributed by atoms with Crippen molar-refractivity contribution in [2.75, 3.05) is 26.3 Å². The Labute approximate surface area is 179 Å². The Balaban J connectivity index is 0. The van der Waals surface area contributed by atoms with E-state index in [0.29, 0.717) is 19.7 Å². The van der Waals surface area contributed by atoms with Gasteiger partial charge in [-0.3, -0.25) is 9.59 Å². The molecule has 0 aliphatic carbocycles. The summed E-state index contributed by atoms with van der Waals surface area (Å²) in [4.78, 5) is 22.4. The van der Waals surface area contributed by atoms with E-state index in [4.69, 9.17) is 20.3 Å². The van der Waals surface area contributed by atoms with Crippen molar-refractivity contribution in [2.45, 2.75) is 45.1 Å². The number of carbonyl (C=O) groups is 2. The molecule has 0 bridgehead atoms. The van der Waals surface area contributed by atoms with Crippen LogP contribution in [0.2, 0.25) is 0 Å². The molecule has 0 aliphatic rings. The highest BCUT2D eigenvalue weighted by Crippen LogP contribution is 2.13. The highest BCUT2D eigenvalue weighted by molar-refractivity contribution is 5.85. The molecule has 0 radical (unpaired) electrons. The summed E-state index contributed by atoms with van der Waals surface area (Å²) in [5, 5.41) is 12.0. The highest BCUT2D eigenvalue weighted by Gasteiger charge is 2.17. The maximum atomic E-state index is 11.5. The first kappa shape index (κ1) is 28.7. The molecular weight excluding hydrogens is 407 g/mol. The van der Waals surface area contributed by atoms with E-state index in [1.54, 1.807) is 6.92 Å². The Morgan fingerprint density at radius 1 is 1.14 bits per heavy atom. The predicted molar refractivity (Wildman–Crippen MR) is 114 cm³/mol. The Kier molecular flexibility index (Phi) is 18.0. The van der Waals surface area contributed by atoms with E-state index in [1.807, 2.05) is 24.3 Å². The molecule has 0 aliphatic heterocycles. The molecule has 1 unspecified atom stereocenters. The number of halogens is 2. The van der Waals surface area contributed by atoms with Crippen molar-refractivity contribution in [3.05, 3.63) is 29.8 Å². The molecule has 1 aromatic rings. The van der Waals surface area contributed by atoms with Crippen molar-refractivity contribution in [1.29, 1.82) is 0 Å². The normalized spacial score (nSPS) is 10.9. The van der Waals surface area contributed by atoms with Gasteiger partial charge in [-0.05, 0) is 50.4 Å². The second-order valence-corrected chi connectivity index (χ2v) is 6.00. The van der Waals surface area contributed by atoms with Gasteiger partial charge in [-0.2, -0.15) is 0 Å². The zero-order chi connectivity index (χ0) is 19.2. The van der Waals surface area contributed by atoms with Crippen LogP contribution < -0.4 is 15.8 Å². The molecule has 0 saturated carbocycles. The third-order valence-corrected chi connectivity index (χ3v) is 3.79. The van der Waals surface area contributed by atoms with Crippen LogP contribution in [-0.2, 0) is 20.7 Å². The number of unbranched alkanes of at least 4 members (excludes halogenated alkanes) is 1. The standard InChI is InChI=1S/C19H30N2O5.2ClH/c1-2-25-19(24)14-16(13-18(22)23)21-11-12-26-17-8-6-15(7-9-17)5-3-4-10-20;;/h6-9,16,21H,2-5,10-14,20H2,1H3,(H,22,23);2*1H. The van der Waals surface area contributed by atoms with E-state index in [9.17, 15) is 9.59 Å². The van der Waals surface area contributed by atoms with Gasteiger partial charge in [-0.15, -0.1) is 24.8 Å². The zero-order valence-corrected chi connectivity index (χ0v) is 17.9. The highest BCUT2D eigenvalue weighted by atomic mass is 35.5. The van der Waals surface area contributed by atoms with Crippen LogP contribution in [-0.4, -0.2) is 49.4 Å². The molecule has 0 aromatic heterocycles. The number of aryl methyl sites for hydroxylation is 1. The number of carboxylic acid groups (broad SMARTS) is 1. The molecular formula is C19H32Cl2N2O5. The minimum absolute atomic E-state index is 0. The number of ether oxygens (including phenoxy) is 2. The summed E-state index contributed by atoms with van der Waals surface area (Å²) < 4.78 is 10.5. The monoisotopic (exact) mass is 438 g/mol. The number of hydrogen-bond acceptors (Lipinski definition) is 6. The van der Waals surface area contributed by atoms with Gasteiger partial charge in [0.1, 0.15) is 12.4 Å². The van der Waals surface area contributed by atoms with Crippen LogP contribution in [0.15, 0.2) is 24.3 Å². The van der Waals surface area contributed by atoms with Gasteiger partial charge in [0.15, 0.2) is 0 Å². The largest absolute Gasteiger partial charge is 0.492 e. The molecule has 4 N–H and O–H groups in total. The molecule has 1 aromatic carbocycles. The Hall–Kier alpha value is -1.54. The fourth-order valence-corrected chi connectivity index (χ4v) is 2.51. The number of nitrogens with two attached hydrogens (primary N) is 1. The van der Waals surface area contributed by atoms with Crippen LogP contribution >= 0.6 is 24.8 Å². The third-order valence-electron chi connectivity index (χ3n) is 3.79. The molecule has 9 heteroatoms. The molecule has 0 saturated heterocycles. The number of carboxylic acids is 1. The first-order chi connectivity index (χ1) is 12.5. The van der Waals surface area contributed by atoms with Crippen molar-refractivity contribution in [1.82, 2.24) is 5.32 Å². The van der Waals surface area contributed by atoms with Crippen LogP contribution in [0.5, 0.6) is 5.75 Å². The number of rotatable bonds is 14. The topological polar surface area (TPSA) is 111 Å². The maximum Gasteiger partial charge on any atom is 0.307 e. The number of aliphatic carboxylic acids is 1. The lowest BCUT2D eigenvalue weighted by molar-refractivity contribution is -0.144. The SMILES string of the molecule is CCOC(=O)CC(CC(=O)O)NCCOc1ccc(CCCCN)cc1.Cl.Cl. The lowest BCUT2D eigenvalue weighted by Gasteiger charge is -2.16. The number of esters is 1. The second kappa shape index (κ2) is 17.6. The summed E-state index contributed by atoms with van der Waals surface area (Å²) in [6, 6.07) is 7.44.